The second kappa shape index (κ2) is 9.57. The molecule has 0 spiro atoms. The maximum absolute atomic E-state index is 12.1. The fourth-order valence-electron chi connectivity index (χ4n) is 2.51. The van der Waals surface area contributed by atoms with Crippen molar-refractivity contribution in [3.63, 3.8) is 0 Å². The highest BCUT2D eigenvalue weighted by molar-refractivity contribution is 8.00. The highest BCUT2D eigenvalue weighted by Crippen LogP contribution is 2.35. The molecule has 152 valence electrons. The van der Waals surface area contributed by atoms with Crippen molar-refractivity contribution in [2.45, 2.75) is 23.5 Å². The highest BCUT2D eigenvalue weighted by atomic mass is 32.2. The molecule has 0 aliphatic carbocycles. The third-order valence-corrected chi connectivity index (χ3v) is 6.08. The molecule has 2 aromatic rings. The summed E-state index contributed by atoms with van der Waals surface area (Å²) in [6.45, 7) is 1.59. The smallest absolute Gasteiger partial charge is 0.338 e. The largest absolute Gasteiger partial charge is 0.452 e. The van der Waals surface area contributed by atoms with E-state index in [1.54, 1.807) is 30.4 Å². The first-order chi connectivity index (χ1) is 13.9. The van der Waals surface area contributed by atoms with Crippen LogP contribution < -0.4 is 16.0 Å². The third kappa shape index (κ3) is 5.81. The zero-order chi connectivity index (χ0) is 20.8. The van der Waals surface area contributed by atoms with Gasteiger partial charge in [0.15, 0.2) is 6.61 Å². The van der Waals surface area contributed by atoms with Crippen molar-refractivity contribution in [3.8, 4) is 0 Å². The molecule has 0 saturated carbocycles. The molecule has 1 aliphatic heterocycles. The number of hydrogen-bond donors (Lipinski definition) is 3. The van der Waals surface area contributed by atoms with E-state index in [4.69, 9.17) is 4.74 Å². The lowest BCUT2D eigenvalue weighted by atomic mass is 10.2. The second-order valence-electron chi connectivity index (χ2n) is 6.17. The molecule has 1 aromatic heterocycles. The van der Waals surface area contributed by atoms with Crippen LogP contribution in [0.4, 0.5) is 10.5 Å². The Morgan fingerprint density at radius 2 is 2.07 bits per heavy atom. The van der Waals surface area contributed by atoms with Crippen LogP contribution in [-0.4, -0.2) is 42.2 Å². The first-order valence-electron chi connectivity index (χ1n) is 8.81. The number of nitrogens with one attached hydrogen (secondary N) is 3. The first-order valence-corrected chi connectivity index (χ1v) is 10.6. The van der Waals surface area contributed by atoms with Gasteiger partial charge in [0.1, 0.15) is 0 Å². The lowest BCUT2D eigenvalue weighted by Crippen LogP contribution is -2.42. The average Bonchev–Trinajstić information content (AvgIpc) is 3.20. The van der Waals surface area contributed by atoms with Crippen molar-refractivity contribution in [3.05, 3.63) is 46.2 Å². The molecule has 4 amide bonds. The molecule has 0 fully saturated rings. The number of thioether (sulfide) groups is 1. The fraction of sp³-hybridized carbons (Fsp3) is 0.263. The number of fused-ring (bicyclic) bond motifs is 1. The Balaban J connectivity index is 1.43. The molecule has 0 radical (unpaired) electrons. The molecule has 29 heavy (non-hydrogen) atoms. The standard InChI is InChI=1S/C19H19N3O5S2/c1-11-17(24)21-14-9-12(4-5-15(14)29-11)18(25)27-10-16(23)22-19(26)20-7-6-13-3-2-8-28-13/h2-5,8-9,11H,6-7,10H2,1H3,(H,21,24)(H2,20,22,23,26). The summed E-state index contributed by atoms with van der Waals surface area (Å²) >= 11 is 2.98. The van der Waals surface area contributed by atoms with Gasteiger partial charge < -0.3 is 15.4 Å². The van der Waals surface area contributed by atoms with Crippen LogP contribution in [-0.2, 0) is 20.7 Å². The van der Waals surface area contributed by atoms with Crippen LogP contribution in [0.25, 0.3) is 0 Å². The molecule has 3 rings (SSSR count). The number of anilines is 1. The van der Waals surface area contributed by atoms with E-state index in [0.717, 1.165) is 9.77 Å². The van der Waals surface area contributed by atoms with Gasteiger partial charge >= 0.3 is 12.0 Å². The molecule has 1 aliphatic rings. The SMILES string of the molecule is CC1Sc2ccc(C(=O)OCC(=O)NC(=O)NCCc3cccs3)cc2NC1=O. The molecule has 0 saturated heterocycles. The van der Waals surface area contributed by atoms with Crippen LogP contribution in [0.1, 0.15) is 22.2 Å². The normalized spacial score (nSPS) is 15.1. The van der Waals surface area contributed by atoms with Crippen LogP contribution >= 0.6 is 23.1 Å². The van der Waals surface area contributed by atoms with Crippen molar-refractivity contribution < 1.29 is 23.9 Å². The minimum absolute atomic E-state index is 0.141. The summed E-state index contributed by atoms with van der Waals surface area (Å²) in [5, 5.41) is 9.14. The van der Waals surface area contributed by atoms with Gasteiger partial charge in [-0.15, -0.1) is 23.1 Å². The number of benzene rings is 1. The molecule has 0 bridgehead atoms. The number of carbonyl (C=O) groups excluding carboxylic acids is 4. The van der Waals surface area contributed by atoms with Gasteiger partial charge in [0.2, 0.25) is 5.91 Å². The van der Waals surface area contributed by atoms with Gasteiger partial charge in [0.25, 0.3) is 5.91 Å². The summed E-state index contributed by atoms with van der Waals surface area (Å²) in [7, 11) is 0. The van der Waals surface area contributed by atoms with Crippen LogP contribution in [0.3, 0.4) is 0 Å². The number of amides is 4. The monoisotopic (exact) mass is 433 g/mol. The van der Waals surface area contributed by atoms with Gasteiger partial charge in [-0.1, -0.05) is 6.07 Å². The summed E-state index contributed by atoms with van der Waals surface area (Å²) in [4.78, 5) is 49.4. The number of urea groups is 1. The minimum Gasteiger partial charge on any atom is -0.452 e. The average molecular weight is 434 g/mol. The number of hydrogen-bond acceptors (Lipinski definition) is 7. The molecule has 2 heterocycles. The number of ether oxygens (including phenoxy) is 1. The quantitative estimate of drug-likeness (QED) is 0.603. The van der Waals surface area contributed by atoms with Crippen LogP contribution in [0.5, 0.6) is 0 Å². The molecule has 3 N–H and O–H groups in total. The Hall–Kier alpha value is -2.85. The van der Waals surface area contributed by atoms with E-state index in [0.29, 0.717) is 18.7 Å². The molecule has 1 atom stereocenters. The zero-order valence-electron chi connectivity index (χ0n) is 15.5. The van der Waals surface area contributed by atoms with Gasteiger partial charge in [0, 0.05) is 16.3 Å². The predicted molar refractivity (Wildman–Crippen MR) is 110 cm³/mol. The topological polar surface area (TPSA) is 114 Å². The van der Waals surface area contributed by atoms with E-state index < -0.39 is 24.5 Å². The lowest BCUT2D eigenvalue weighted by molar-refractivity contribution is -0.123. The van der Waals surface area contributed by atoms with E-state index in [-0.39, 0.29) is 16.7 Å². The Bertz CT molecular complexity index is 930. The van der Waals surface area contributed by atoms with Crippen molar-refractivity contribution in [1.29, 1.82) is 0 Å². The Morgan fingerprint density at radius 3 is 2.83 bits per heavy atom. The van der Waals surface area contributed by atoms with E-state index >= 15 is 0 Å². The van der Waals surface area contributed by atoms with E-state index in [1.165, 1.54) is 17.8 Å². The van der Waals surface area contributed by atoms with E-state index in [9.17, 15) is 19.2 Å². The predicted octanol–water partition coefficient (Wildman–Crippen LogP) is 2.41. The van der Waals surface area contributed by atoms with Crippen molar-refractivity contribution >= 4 is 52.6 Å². The van der Waals surface area contributed by atoms with Crippen LogP contribution in [0.15, 0.2) is 40.6 Å². The van der Waals surface area contributed by atoms with E-state index in [2.05, 4.69) is 16.0 Å². The Morgan fingerprint density at radius 1 is 1.24 bits per heavy atom. The first kappa shape index (κ1) is 20.9. The molecule has 1 aromatic carbocycles. The second-order valence-corrected chi connectivity index (χ2v) is 8.58. The highest BCUT2D eigenvalue weighted by Gasteiger charge is 2.24. The number of imide groups is 1. The van der Waals surface area contributed by atoms with Gasteiger partial charge in [-0.05, 0) is 43.0 Å². The Labute approximate surface area is 175 Å². The van der Waals surface area contributed by atoms with Crippen molar-refractivity contribution in [1.82, 2.24) is 10.6 Å². The fourth-order valence-corrected chi connectivity index (χ4v) is 4.15. The number of thiophene rings is 1. The van der Waals surface area contributed by atoms with E-state index in [1.807, 2.05) is 17.5 Å². The molecular formula is C19H19N3O5S2. The number of esters is 1. The van der Waals surface area contributed by atoms with Gasteiger partial charge in [0.05, 0.1) is 16.5 Å². The summed E-state index contributed by atoms with van der Waals surface area (Å²) in [5.74, 6) is -1.60. The van der Waals surface area contributed by atoms with Gasteiger partial charge in [-0.3, -0.25) is 14.9 Å². The summed E-state index contributed by atoms with van der Waals surface area (Å²) in [6, 6.07) is 8.02. The molecule has 8 nitrogen and oxygen atoms in total. The third-order valence-electron chi connectivity index (χ3n) is 3.97. The number of rotatable bonds is 6. The van der Waals surface area contributed by atoms with Gasteiger partial charge in [-0.25, -0.2) is 9.59 Å². The summed E-state index contributed by atoms with van der Waals surface area (Å²) in [6.07, 6.45) is 0.667. The van der Waals surface area contributed by atoms with Crippen molar-refractivity contribution in [2.75, 3.05) is 18.5 Å². The molecule has 10 heteroatoms. The van der Waals surface area contributed by atoms with Crippen LogP contribution in [0.2, 0.25) is 0 Å². The van der Waals surface area contributed by atoms with Crippen LogP contribution in [0, 0.1) is 0 Å². The summed E-state index contributed by atoms with van der Waals surface area (Å²) < 4.78 is 4.94. The zero-order valence-corrected chi connectivity index (χ0v) is 17.2. The minimum atomic E-state index is -0.734. The lowest BCUT2D eigenvalue weighted by Gasteiger charge is -2.21. The summed E-state index contributed by atoms with van der Waals surface area (Å²) in [5.41, 5.74) is 0.731. The number of carbonyl (C=O) groups is 4. The van der Waals surface area contributed by atoms with Gasteiger partial charge in [-0.2, -0.15) is 0 Å². The maximum atomic E-state index is 12.1. The van der Waals surface area contributed by atoms with Crippen molar-refractivity contribution in [2.24, 2.45) is 0 Å². The molecule has 1 unspecified atom stereocenters. The Kier molecular flexibility index (Phi) is 6.89. The molecular weight excluding hydrogens is 414 g/mol. The maximum Gasteiger partial charge on any atom is 0.338 e.